The van der Waals surface area contributed by atoms with E-state index in [0.717, 1.165) is 0 Å². The van der Waals surface area contributed by atoms with Gasteiger partial charge in [0.1, 0.15) is 0 Å². The van der Waals surface area contributed by atoms with E-state index in [1.807, 2.05) is 0 Å². The Morgan fingerprint density at radius 3 is 2.45 bits per heavy atom. The Kier molecular flexibility index (Phi) is 5.09. The highest BCUT2D eigenvalue weighted by molar-refractivity contribution is 6.17. The van der Waals surface area contributed by atoms with Crippen LogP contribution in [0.5, 0.6) is 5.88 Å². The number of halogens is 6. The lowest BCUT2D eigenvalue weighted by Crippen LogP contribution is -2.20. The van der Waals surface area contributed by atoms with Gasteiger partial charge >= 0.3 is 12.3 Å². The van der Waals surface area contributed by atoms with Crippen molar-refractivity contribution in [3.63, 3.8) is 0 Å². The van der Waals surface area contributed by atoms with Gasteiger partial charge in [0, 0.05) is 0 Å². The van der Waals surface area contributed by atoms with Crippen LogP contribution in [-0.2, 0) is 17.1 Å². The molecule has 0 saturated heterocycles. The quantitative estimate of drug-likeness (QED) is 0.668. The zero-order chi connectivity index (χ0) is 15.5. The van der Waals surface area contributed by atoms with Crippen LogP contribution in [0.1, 0.15) is 23.2 Å². The molecule has 0 aliphatic carbocycles. The van der Waals surface area contributed by atoms with E-state index in [1.54, 1.807) is 0 Å². The Bertz CT molecular complexity index is 506. The first kappa shape index (κ1) is 16.4. The Morgan fingerprint density at radius 1 is 1.45 bits per heavy atom. The predicted octanol–water partition coefficient (Wildman–Crippen LogP) is 3.28. The van der Waals surface area contributed by atoms with E-state index in [-0.39, 0.29) is 11.3 Å². The molecule has 10 heteroatoms. The summed E-state index contributed by atoms with van der Waals surface area (Å²) in [6.45, 7) is 0. The second kappa shape index (κ2) is 6.21. The lowest BCUT2D eigenvalue weighted by atomic mass is 10.1. The summed E-state index contributed by atoms with van der Waals surface area (Å²) in [6.07, 6.45) is -9.20. The van der Waals surface area contributed by atoms with Gasteiger partial charge in [-0.05, 0) is 11.6 Å². The number of aromatic nitrogens is 1. The number of nitrogens with zero attached hydrogens (tertiary/aromatic N) is 1. The molecule has 1 aromatic heterocycles. The molecule has 0 aliphatic rings. The summed E-state index contributed by atoms with van der Waals surface area (Å²) < 4.78 is 65.1. The highest BCUT2D eigenvalue weighted by atomic mass is 35.5. The van der Waals surface area contributed by atoms with Gasteiger partial charge in [0.15, 0.2) is 0 Å². The number of carboxylic acids is 1. The zero-order valence-corrected chi connectivity index (χ0v) is 10.3. The molecule has 112 valence electrons. The third-order valence-corrected chi connectivity index (χ3v) is 2.35. The Hall–Kier alpha value is -1.64. The summed E-state index contributed by atoms with van der Waals surface area (Å²) in [7, 11) is 0. The molecular formula is C10H7ClF5NO3. The topological polar surface area (TPSA) is 59.4 Å². The highest BCUT2D eigenvalue weighted by Crippen LogP contribution is 2.33. The first-order chi connectivity index (χ1) is 9.14. The van der Waals surface area contributed by atoms with Crippen molar-refractivity contribution in [1.29, 1.82) is 0 Å². The van der Waals surface area contributed by atoms with Crippen molar-refractivity contribution in [3.05, 3.63) is 22.9 Å². The summed E-state index contributed by atoms with van der Waals surface area (Å²) >= 11 is 5.41. The van der Waals surface area contributed by atoms with Crippen molar-refractivity contribution in [1.82, 2.24) is 4.98 Å². The largest absolute Gasteiger partial charge is 0.574 e. The molecule has 20 heavy (non-hydrogen) atoms. The second-order valence-corrected chi connectivity index (χ2v) is 3.81. The van der Waals surface area contributed by atoms with Gasteiger partial charge in [0.2, 0.25) is 5.88 Å². The van der Waals surface area contributed by atoms with Crippen LogP contribution in [0.15, 0.2) is 6.07 Å². The van der Waals surface area contributed by atoms with E-state index in [9.17, 15) is 26.7 Å². The molecule has 0 unspecified atom stereocenters. The number of aliphatic carboxylic acids is 1. The molecule has 0 atom stereocenters. The fraction of sp³-hybridized carbons (Fsp3) is 0.400. The molecule has 1 heterocycles. The van der Waals surface area contributed by atoms with Crippen LogP contribution in [-0.4, -0.2) is 22.4 Å². The number of carbonyl (C=O) groups is 1. The van der Waals surface area contributed by atoms with Crippen LogP contribution < -0.4 is 4.74 Å². The Balaban J connectivity index is 3.33. The van der Waals surface area contributed by atoms with Crippen LogP contribution in [0, 0.1) is 0 Å². The first-order valence-corrected chi connectivity index (χ1v) is 5.52. The van der Waals surface area contributed by atoms with Crippen molar-refractivity contribution in [2.75, 3.05) is 0 Å². The maximum Gasteiger partial charge on any atom is 0.574 e. The van der Waals surface area contributed by atoms with Crippen molar-refractivity contribution in [3.8, 4) is 5.88 Å². The van der Waals surface area contributed by atoms with E-state index in [0.29, 0.717) is 6.07 Å². The SMILES string of the molecule is O=C(O)Cc1cc(C(F)F)c(OC(F)(F)F)nc1CCl. The number of carboxylic acid groups (broad SMARTS) is 1. The maximum atomic E-state index is 12.7. The normalized spacial score (nSPS) is 11.8. The number of hydrogen-bond acceptors (Lipinski definition) is 3. The standard InChI is InChI=1S/C10H7ClF5NO3/c11-3-6-4(2-7(18)19)1-5(8(12)13)9(17-6)20-10(14,15)16/h1,8H,2-3H2,(H,18,19). The average molecular weight is 320 g/mol. The summed E-state index contributed by atoms with van der Waals surface area (Å²) in [5, 5.41) is 8.60. The molecule has 4 nitrogen and oxygen atoms in total. The molecule has 0 amide bonds. The third kappa shape index (κ3) is 4.48. The van der Waals surface area contributed by atoms with Gasteiger partial charge in [-0.1, -0.05) is 0 Å². The molecule has 1 rings (SSSR count). The Morgan fingerprint density at radius 2 is 2.05 bits per heavy atom. The third-order valence-electron chi connectivity index (χ3n) is 2.10. The van der Waals surface area contributed by atoms with Crippen molar-refractivity contribution in [2.45, 2.75) is 25.1 Å². The summed E-state index contributed by atoms with van der Waals surface area (Å²) in [4.78, 5) is 13.8. The summed E-state index contributed by atoms with van der Waals surface area (Å²) in [6, 6.07) is 0.602. The smallest absolute Gasteiger partial charge is 0.481 e. The molecule has 1 N–H and O–H groups in total. The lowest BCUT2D eigenvalue weighted by molar-refractivity contribution is -0.276. The van der Waals surface area contributed by atoms with Crippen LogP contribution in [0.2, 0.25) is 0 Å². The van der Waals surface area contributed by atoms with Gasteiger partial charge in [-0.2, -0.15) is 0 Å². The molecule has 0 radical (unpaired) electrons. The molecule has 0 aliphatic heterocycles. The molecule has 0 saturated carbocycles. The highest BCUT2D eigenvalue weighted by Gasteiger charge is 2.34. The van der Waals surface area contributed by atoms with E-state index < -0.39 is 42.5 Å². The fourth-order valence-corrected chi connectivity index (χ4v) is 1.60. The average Bonchev–Trinajstić information content (AvgIpc) is 2.27. The molecular weight excluding hydrogens is 313 g/mol. The number of alkyl halides is 6. The van der Waals surface area contributed by atoms with E-state index in [4.69, 9.17) is 16.7 Å². The van der Waals surface area contributed by atoms with Crippen LogP contribution in [0.3, 0.4) is 0 Å². The second-order valence-electron chi connectivity index (χ2n) is 3.54. The monoisotopic (exact) mass is 319 g/mol. The molecule has 0 spiro atoms. The molecule has 0 bridgehead atoms. The van der Waals surface area contributed by atoms with E-state index in [2.05, 4.69) is 9.72 Å². The summed E-state index contributed by atoms with van der Waals surface area (Å²) in [5.74, 6) is -3.14. The fourth-order valence-electron chi connectivity index (χ4n) is 1.37. The Labute approximate surface area is 114 Å². The predicted molar refractivity (Wildman–Crippen MR) is 56.8 cm³/mol. The number of ether oxygens (including phenoxy) is 1. The van der Waals surface area contributed by atoms with Gasteiger partial charge in [-0.15, -0.1) is 24.8 Å². The molecule has 0 aromatic carbocycles. The minimum absolute atomic E-state index is 0.197. The van der Waals surface area contributed by atoms with E-state index in [1.165, 1.54) is 0 Å². The van der Waals surface area contributed by atoms with Gasteiger partial charge in [-0.3, -0.25) is 4.79 Å². The van der Waals surface area contributed by atoms with Crippen molar-refractivity contribution in [2.24, 2.45) is 0 Å². The van der Waals surface area contributed by atoms with Crippen LogP contribution in [0.25, 0.3) is 0 Å². The van der Waals surface area contributed by atoms with E-state index >= 15 is 0 Å². The van der Waals surface area contributed by atoms with Crippen molar-refractivity contribution >= 4 is 17.6 Å². The van der Waals surface area contributed by atoms with Crippen LogP contribution >= 0.6 is 11.6 Å². The zero-order valence-electron chi connectivity index (χ0n) is 9.55. The van der Waals surface area contributed by atoms with Gasteiger partial charge < -0.3 is 9.84 Å². The van der Waals surface area contributed by atoms with Crippen molar-refractivity contribution < 1.29 is 36.6 Å². The number of hydrogen-bond donors (Lipinski definition) is 1. The minimum Gasteiger partial charge on any atom is -0.481 e. The lowest BCUT2D eigenvalue weighted by Gasteiger charge is -2.15. The molecule has 1 aromatic rings. The number of pyridine rings is 1. The minimum atomic E-state index is -5.20. The van der Waals surface area contributed by atoms with Gasteiger partial charge in [-0.25, -0.2) is 13.8 Å². The number of rotatable bonds is 5. The van der Waals surface area contributed by atoms with Crippen LogP contribution in [0.4, 0.5) is 22.0 Å². The van der Waals surface area contributed by atoms with Gasteiger partial charge in [0.05, 0.1) is 23.6 Å². The first-order valence-electron chi connectivity index (χ1n) is 4.98. The summed E-state index contributed by atoms with van der Waals surface area (Å²) in [5.41, 5.74) is -1.61. The molecule has 0 fully saturated rings. The maximum absolute atomic E-state index is 12.7. The van der Waals surface area contributed by atoms with Gasteiger partial charge in [0.25, 0.3) is 6.43 Å².